The van der Waals surface area contributed by atoms with Gasteiger partial charge in [0.1, 0.15) is 17.2 Å². The van der Waals surface area contributed by atoms with Crippen molar-refractivity contribution in [1.82, 2.24) is 24.9 Å². The van der Waals surface area contributed by atoms with Gasteiger partial charge in [0.2, 0.25) is 5.88 Å². The van der Waals surface area contributed by atoms with Crippen molar-refractivity contribution in [3.05, 3.63) is 61.0 Å². The molecule has 1 aromatic carbocycles. The second-order valence-corrected chi connectivity index (χ2v) is 7.12. The number of para-hydroxylation sites is 1. The normalized spacial score (nSPS) is 11.4. The van der Waals surface area contributed by atoms with Crippen molar-refractivity contribution in [2.75, 3.05) is 12.4 Å². The Bertz CT molecular complexity index is 1350. The predicted molar refractivity (Wildman–Crippen MR) is 125 cm³/mol. The van der Waals surface area contributed by atoms with E-state index in [9.17, 15) is 0 Å². The van der Waals surface area contributed by atoms with Crippen LogP contribution in [0, 0.1) is 6.92 Å². The Labute approximate surface area is 185 Å². The summed E-state index contributed by atoms with van der Waals surface area (Å²) in [7, 11) is 1.86. The number of aromatic amines is 1. The highest BCUT2D eigenvalue weighted by molar-refractivity contribution is 6.12. The number of H-pyrrole nitrogens is 1. The molecule has 3 heterocycles. The summed E-state index contributed by atoms with van der Waals surface area (Å²) in [6.45, 7) is 9.35. The molecular weight excluding hydrogens is 406 g/mol. The average Bonchev–Trinajstić information content (AvgIpc) is 3.16. The maximum atomic E-state index is 6.07. The number of nitrogens with one attached hydrogen (secondary N) is 2. The molecule has 3 aromatic heterocycles. The standard InChI is InChI=1S/C23H23N7O2/c1-6-15(10-25-13(2)3)32-23-29-21-19(17-8-7-9-18(24-5)20(17)28-21)22(30-23)31-16-11-26-14(4)27-12-16/h6-12,24H,1H2,2-5H3,(H,28,29,30)/b15-10+. The highest BCUT2D eigenvalue weighted by Crippen LogP contribution is 2.37. The molecule has 0 aliphatic rings. The molecule has 4 aromatic rings. The van der Waals surface area contributed by atoms with Gasteiger partial charge < -0.3 is 19.8 Å². The zero-order valence-corrected chi connectivity index (χ0v) is 18.3. The number of aliphatic imine (C=N–C) groups is 1. The van der Waals surface area contributed by atoms with Crippen molar-refractivity contribution < 1.29 is 9.47 Å². The van der Waals surface area contributed by atoms with Gasteiger partial charge in [-0.2, -0.15) is 9.97 Å². The number of ether oxygens (including phenoxy) is 2. The van der Waals surface area contributed by atoms with Crippen LogP contribution in [0.4, 0.5) is 5.69 Å². The molecule has 0 aliphatic carbocycles. The molecule has 9 heteroatoms. The zero-order valence-electron chi connectivity index (χ0n) is 18.3. The van der Waals surface area contributed by atoms with E-state index in [1.165, 1.54) is 0 Å². The van der Waals surface area contributed by atoms with E-state index in [1.54, 1.807) is 31.6 Å². The number of hydrogen-bond donors (Lipinski definition) is 2. The third-order valence-electron chi connectivity index (χ3n) is 4.53. The predicted octanol–water partition coefficient (Wildman–Crippen LogP) is 4.93. The van der Waals surface area contributed by atoms with E-state index in [-0.39, 0.29) is 6.01 Å². The van der Waals surface area contributed by atoms with Gasteiger partial charge in [0.05, 0.1) is 35.2 Å². The lowest BCUT2D eigenvalue weighted by molar-refractivity contribution is 0.391. The van der Waals surface area contributed by atoms with Gasteiger partial charge in [0.25, 0.3) is 0 Å². The summed E-state index contributed by atoms with van der Waals surface area (Å²) < 4.78 is 11.9. The minimum atomic E-state index is 0.0909. The molecule has 0 atom stereocenters. The first-order chi connectivity index (χ1) is 15.5. The van der Waals surface area contributed by atoms with Crippen LogP contribution < -0.4 is 14.8 Å². The van der Waals surface area contributed by atoms with E-state index >= 15 is 0 Å². The smallest absolute Gasteiger partial charge is 0.327 e. The van der Waals surface area contributed by atoms with Crippen LogP contribution in [0.5, 0.6) is 17.6 Å². The van der Waals surface area contributed by atoms with Gasteiger partial charge in [0.15, 0.2) is 5.75 Å². The zero-order chi connectivity index (χ0) is 22.7. The molecule has 0 aliphatic heterocycles. The van der Waals surface area contributed by atoms with Crippen molar-refractivity contribution in [3.63, 3.8) is 0 Å². The van der Waals surface area contributed by atoms with E-state index in [0.717, 1.165) is 27.7 Å². The lowest BCUT2D eigenvalue weighted by Crippen LogP contribution is -2.00. The average molecular weight is 429 g/mol. The van der Waals surface area contributed by atoms with E-state index in [1.807, 2.05) is 39.1 Å². The van der Waals surface area contributed by atoms with Crippen LogP contribution in [0.1, 0.15) is 19.7 Å². The number of rotatable bonds is 7. The Morgan fingerprint density at radius 3 is 2.66 bits per heavy atom. The molecule has 162 valence electrons. The van der Waals surface area contributed by atoms with Gasteiger partial charge in [-0.15, -0.1) is 0 Å². The summed E-state index contributed by atoms with van der Waals surface area (Å²) in [5.41, 5.74) is 3.25. The van der Waals surface area contributed by atoms with E-state index in [4.69, 9.17) is 9.47 Å². The molecule has 0 radical (unpaired) electrons. The second kappa shape index (κ2) is 8.84. The van der Waals surface area contributed by atoms with Crippen molar-refractivity contribution in [3.8, 4) is 17.6 Å². The Morgan fingerprint density at radius 2 is 1.97 bits per heavy atom. The topological polar surface area (TPSA) is 110 Å². The summed E-state index contributed by atoms with van der Waals surface area (Å²) >= 11 is 0. The van der Waals surface area contributed by atoms with E-state index in [0.29, 0.717) is 28.9 Å². The van der Waals surface area contributed by atoms with Gasteiger partial charge in [-0.3, -0.25) is 4.99 Å². The quantitative estimate of drug-likeness (QED) is 0.243. The Morgan fingerprint density at radius 1 is 1.19 bits per heavy atom. The molecular formula is C23H23N7O2. The number of hydrogen-bond acceptors (Lipinski definition) is 8. The van der Waals surface area contributed by atoms with Gasteiger partial charge in [0, 0.05) is 18.1 Å². The fourth-order valence-corrected chi connectivity index (χ4v) is 3.06. The maximum Gasteiger partial charge on any atom is 0.327 e. The van der Waals surface area contributed by atoms with Crippen molar-refractivity contribution in [2.24, 2.45) is 4.99 Å². The van der Waals surface area contributed by atoms with Crippen molar-refractivity contribution in [1.29, 1.82) is 0 Å². The Balaban J connectivity index is 1.88. The maximum absolute atomic E-state index is 6.07. The van der Waals surface area contributed by atoms with Crippen molar-refractivity contribution in [2.45, 2.75) is 20.8 Å². The lowest BCUT2D eigenvalue weighted by atomic mass is 10.2. The first kappa shape index (κ1) is 21.0. The molecule has 32 heavy (non-hydrogen) atoms. The number of allylic oxidation sites excluding steroid dienone is 1. The largest absolute Gasteiger partial charge is 0.435 e. The van der Waals surface area contributed by atoms with Crippen LogP contribution in [0.2, 0.25) is 0 Å². The Hall–Kier alpha value is -4.27. The number of nitrogens with zero attached hydrogens (tertiary/aromatic N) is 5. The summed E-state index contributed by atoms with van der Waals surface area (Å²) in [6, 6.07) is 5.99. The molecule has 0 amide bonds. The lowest BCUT2D eigenvalue weighted by Gasteiger charge is -2.09. The van der Waals surface area contributed by atoms with E-state index < -0.39 is 0 Å². The number of aryl methyl sites for hydroxylation is 1. The first-order valence-corrected chi connectivity index (χ1v) is 9.96. The molecule has 0 saturated carbocycles. The minimum Gasteiger partial charge on any atom is -0.435 e. The SMILES string of the molecule is C=C/C(=C\N=C(C)C)Oc1nc(Oc2cnc(C)nc2)c2c(n1)[nH]c1c(NC)cccc12. The third kappa shape index (κ3) is 4.27. The molecule has 0 fully saturated rings. The molecule has 0 saturated heterocycles. The van der Waals surface area contributed by atoms with Gasteiger partial charge in [-0.1, -0.05) is 18.7 Å². The molecule has 4 rings (SSSR count). The molecule has 2 N–H and O–H groups in total. The number of fused-ring (bicyclic) bond motifs is 3. The van der Waals surface area contributed by atoms with Crippen LogP contribution in [0.25, 0.3) is 21.9 Å². The fourth-order valence-electron chi connectivity index (χ4n) is 3.06. The van der Waals surface area contributed by atoms with Crippen LogP contribution in [0.15, 0.2) is 60.2 Å². The molecule has 0 bridgehead atoms. The van der Waals surface area contributed by atoms with Crippen LogP contribution in [0.3, 0.4) is 0 Å². The van der Waals surface area contributed by atoms with Crippen molar-refractivity contribution >= 4 is 33.3 Å². The third-order valence-corrected chi connectivity index (χ3v) is 4.53. The molecule has 0 unspecified atom stereocenters. The summed E-state index contributed by atoms with van der Waals surface area (Å²) in [5.74, 6) is 1.82. The number of anilines is 1. The van der Waals surface area contributed by atoms with Crippen LogP contribution >= 0.6 is 0 Å². The van der Waals surface area contributed by atoms with Gasteiger partial charge in [-0.25, -0.2) is 9.97 Å². The molecule has 0 spiro atoms. The summed E-state index contributed by atoms with van der Waals surface area (Å²) in [4.78, 5) is 25.0. The number of benzene rings is 1. The monoisotopic (exact) mass is 429 g/mol. The highest BCUT2D eigenvalue weighted by atomic mass is 16.5. The minimum absolute atomic E-state index is 0.0909. The fraction of sp³-hybridized carbons (Fsp3) is 0.174. The van der Waals surface area contributed by atoms with Crippen LogP contribution in [-0.4, -0.2) is 37.7 Å². The highest BCUT2D eigenvalue weighted by Gasteiger charge is 2.18. The first-order valence-electron chi connectivity index (χ1n) is 9.96. The van der Waals surface area contributed by atoms with E-state index in [2.05, 4.69) is 41.8 Å². The second-order valence-electron chi connectivity index (χ2n) is 7.12. The van der Waals surface area contributed by atoms with Gasteiger partial charge in [-0.05, 0) is 32.9 Å². The van der Waals surface area contributed by atoms with Gasteiger partial charge >= 0.3 is 6.01 Å². The Kier molecular flexibility index (Phi) is 5.80. The van der Waals surface area contributed by atoms with Crippen LogP contribution in [-0.2, 0) is 0 Å². The molecule has 9 nitrogen and oxygen atoms in total. The summed E-state index contributed by atoms with van der Waals surface area (Å²) in [6.07, 6.45) is 6.30. The summed E-state index contributed by atoms with van der Waals surface area (Å²) in [5, 5.41) is 4.81. The number of aromatic nitrogens is 5.